The SMILES string of the molecule is COCCNC(=O)NC1CCN(C(=O)Cc2cccc(OC)c2)CC1. The predicted molar refractivity (Wildman–Crippen MR) is 94.7 cm³/mol. The summed E-state index contributed by atoms with van der Waals surface area (Å²) < 4.78 is 10.1. The number of methoxy groups -OCH3 is 2. The number of hydrogen-bond acceptors (Lipinski definition) is 4. The van der Waals surface area contributed by atoms with Crippen molar-refractivity contribution in [3.8, 4) is 5.75 Å². The topological polar surface area (TPSA) is 79.9 Å². The van der Waals surface area contributed by atoms with Gasteiger partial charge in [0.25, 0.3) is 0 Å². The number of benzene rings is 1. The Balaban J connectivity index is 1.73. The van der Waals surface area contributed by atoms with Crippen molar-refractivity contribution in [1.82, 2.24) is 15.5 Å². The second kappa shape index (κ2) is 9.88. The molecule has 3 amide bonds. The number of carbonyl (C=O) groups excluding carboxylic acids is 2. The van der Waals surface area contributed by atoms with Gasteiger partial charge in [-0.1, -0.05) is 12.1 Å². The van der Waals surface area contributed by atoms with E-state index in [-0.39, 0.29) is 18.0 Å². The Hall–Kier alpha value is -2.28. The fraction of sp³-hybridized carbons (Fsp3) is 0.556. The molecule has 0 saturated carbocycles. The maximum absolute atomic E-state index is 12.4. The lowest BCUT2D eigenvalue weighted by atomic mass is 10.0. The molecule has 2 rings (SSSR count). The Morgan fingerprint density at radius 1 is 1.24 bits per heavy atom. The lowest BCUT2D eigenvalue weighted by Crippen LogP contribution is -2.49. The monoisotopic (exact) mass is 349 g/mol. The van der Waals surface area contributed by atoms with Gasteiger partial charge in [-0.25, -0.2) is 4.79 Å². The molecule has 0 atom stereocenters. The second-order valence-electron chi connectivity index (χ2n) is 6.08. The molecule has 1 fully saturated rings. The van der Waals surface area contributed by atoms with Gasteiger partial charge in [0.2, 0.25) is 5.91 Å². The lowest BCUT2D eigenvalue weighted by molar-refractivity contribution is -0.131. The van der Waals surface area contributed by atoms with Crippen LogP contribution in [0.15, 0.2) is 24.3 Å². The van der Waals surface area contributed by atoms with Crippen molar-refractivity contribution in [2.24, 2.45) is 0 Å². The fourth-order valence-corrected chi connectivity index (χ4v) is 2.85. The minimum absolute atomic E-state index is 0.100. The molecular weight excluding hydrogens is 322 g/mol. The van der Waals surface area contributed by atoms with E-state index in [4.69, 9.17) is 9.47 Å². The van der Waals surface area contributed by atoms with E-state index in [1.807, 2.05) is 29.2 Å². The number of carbonyl (C=O) groups is 2. The van der Waals surface area contributed by atoms with Crippen LogP contribution in [0.1, 0.15) is 18.4 Å². The molecule has 0 bridgehead atoms. The maximum Gasteiger partial charge on any atom is 0.315 e. The van der Waals surface area contributed by atoms with Crippen LogP contribution >= 0.6 is 0 Å². The number of ether oxygens (including phenoxy) is 2. The first kappa shape index (κ1) is 19.1. The molecule has 7 heteroatoms. The lowest BCUT2D eigenvalue weighted by Gasteiger charge is -2.32. The van der Waals surface area contributed by atoms with Crippen molar-refractivity contribution in [3.05, 3.63) is 29.8 Å². The Morgan fingerprint density at radius 3 is 2.68 bits per heavy atom. The molecule has 1 heterocycles. The van der Waals surface area contributed by atoms with Crippen LogP contribution in [0.25, 0.3) is 0 Å². The van der Waals surface area contributed by atoms with Gasteiger partial charge in [0.15, 0.2) is 0 Å². The van der Waals surface area contributed by atoms with Gasteiger partial charge in [-0.05, 0) is 30.5 Å². The van der Waals surface area contributed by atoms with E-state index in [2.05, 4.69) is 10.6 Å². The van der Waals surface area contributed by atoms with E-state index in [1.165, 1.54) is 0 Å². The maximum atomic E-state index is 12.4. The summed E-state index contributed by atoms with van der Waals surface area (Å²) in [4.78, 5) is 26.0. The highest BCUT2D eigenvalue weighted by molar-refractivity contribution is 5.79. The fourth-order valence-electron chi connectivity index (χ4n) is 2.85. The Labute approximate surface area is 148 Å². The molecule has 138 valence electrons. The number of likely N-dealkylation sites (tertiary alicyclic amines) is 1. The standard InChI is InChI=1S/C18H27N3O4/c1-24-11-8-19-18(23)20-15-6-9-21(10-7-15)17(22)13-14-4-3-5-16(12-14)25-2/h3-5,12,15H,6-11,13H2,1-2H3,(H2,19,20,23). The molecule has 25 heavy (non-hydrogen) atoms. The van der Waals surface area contributed by atoms with Crippen molar-refractivity contribution < 1.29 is 19.1 Å². The summed E-state index contributed by atoms with van der Waals surface area (Å²) in [5.74, 6) is 0.865. The van der Waals surface area contributed by atoms with E-state index < -0.39 is 0 Å². The minimum Gasteiger partial charge on any atom is -0.497 e. The molecule has 0 aromatic heterocycles. The van der Waals surface area contributed by atoms with Crippen LogP contribution in [0.3, 0.4) is 0 Å². The molecular formula is C18H27N3O4. The van der Waals surface area contributed by atoms with Gasteiger partial charge < -0.3 is 25.0 Å². The second-order valence-corrected chi connectivity index (χ2v) is 6.08. The molecule has 1 aromatic carbocycles. The first-order valence-corrected chi connectivity index (χ1v) is 8.56. The number of hydrogen-bond donors (Lipinski definition) is 2. The Morgan fingerprint density at radius 2 is 2.00 bits per heavy atom. The van der Waals surface area contributed by atoms with Crippen LogP contribution in [0, 0.1) is 0 Å². The quantitative estimate of drug-likeness (QED) is 0.725. The molecule has 0 spiro atoms. The Bertz CT molecular complexity index is 571. The summed E-state index contributed by atoms with van der Waals surface area (Å²) in [5, 5.41) is 5.68. The third-order valence-corrected chi connectivity index (χ3v) is 4.26. The summed E-state index contributed by atoms with van der Waals surface area (Å²) in [6, 6.07) is 7.49. The zero-order chi connectivity index (χ0) is 18.1. The smallest absolute Gasteiger partial charge is 0.315 e. The molecule has 7 nitrogen and oxygen atoms in total. The molecule has 1 saturated heterocycles. The molecule has 0 radical (unpaired) electrons. The van der Waals surface area contributed by atoms with Crippen LogP contribution in [-0.4, -0.2) is 63.3 Å². The predicted octanol–water partition coefficient (Wildman–Crippen LogP) is 1.17. The number of rotatable bonds is 7. The largest absolute Gasteiger partial charge is 0.497 e. The number of urea groups is 1. The van der Waals surface area contributed by atoms with Gasteiger partial charge in [0, 0.05) is 32.8 Å². The van der Waals surface area contributed by atoms with Gasteiger partial charge in [-0.2, -0.15) is 0 Å². The highest BCUT2D eigenvalue weighted by Crippen LogP contribution is 2.16. The molecule has 1 aliphatic rings. The van der Waals surface area contributed by atoms with Crippen molar-refractivity contribution in [2.45, 2.75) is 25.3 Å². The van der Waals surface area contributed by atoms with Gasteiger partial charge in [0.1, 0.15) is 5.75 Å². The third kappa shape index (κ3) is 6.26. The van der Waals surface area contributed by atoms with Crippen molar-refractivity contribution in [3.63, 3.8) is 0 Å². The van der Waals surface area contributed by atoms with E-state index >= 15 is 0 Å². The highest BCUT2D eigenvalue weighted by atomic mass is 16.5. The van der Waals surface area contributed by atoms with Gasteiger partial charge in [-0.15, -0.1) is 0 Å². The van der Waals surface area contributed by atoms with Crippen LogP contribution in [0.5, 0.6) is 5.75 Å². The summed E-state index contributed by atoms with van der Waals surface area (Å²) in [6.07, 6.45) is 1.90. The van der Waals surface area contributed by atoms with Gasteiger partial charge in [-0.3, -0.25) is 4.79 Å². The van der Waals surface area contributed by atoms with E-state index in [0.29, 0.717) is 32.7 Å². The zero-order valence-corrected chi connectivity index (χ0v) is 14.9. The summed E-state index contributed by atoms with van der Waals surface area (Å²) in [7, 11) is 3.21. The van der Waals surface area contributed by atoms with Crippen LogP contribution in [-0.2, 0) is 16.0 Å². The average Bonchev–Trinajstić information content (AvgIpc) is 2.62. The summed E-state index contributed by atoms with van der Waals surface area (Å²) in [5.41, 5.74) is 0.946. The van der Waals surface area contributed by atoms with E-state index in [1.54, 1.807) is 14.2 Å². The number of nitrogens with zero attached hydrogens (tertiary/aromatic N) is 1. The number of piperidine rings is 1. The first-order chi connectivity index (χ1) is 12.1. The first-order valence-electron chi connectivity index (χ1n) is 8.56. The normalized spacial score (nSPS) is 14.9. The highest BCUT2D eigenvalue weighted by Gasteiger charge is 2.23. The van der Waals surface area contributed by atoms with Crippen LogP contribution in [0.2, 0.25) is 0 Å². The van der Waals surface area contributed by atoms with Crippen molar-refractivity contribution in [1.29, 1.82) is 0 Å². The third-order valence-electron chi connectivity index (χ3n) is 4.26. The minimum atomic E-state index is -0.182. The van der Waals surface area contributed by atoms with Gasteiger partial charge >= 0.3 is 6.03 Å². The van der Waals surface area contributed by atoms with Crippen LogP contribution < -0.4 is 15.4 Å². The van der Waals surface area contributed by atoms with E-state index in [9.17, 15) is 9.59 Å². The molecule has 0 aliphatic carbocycles. The summed E-state index contributed by atoms with van der Waals surface area (Å²) in [6.45, 7) is 2.29. The number of nitrogens with one attached hydrogen (secondary N) is 2. The average molecular weight is 349 g/mol. The summed E-state index contributed by atoms with van der Waals surface area (Å²) >= 11 is 0. The molecule has 0 unspecified atom stereocenters. The van der Waals surface area contributed by atoms with Crippen molar-refractivity contribution >= 4 is 11.9 Å². The van der Waals surface area contributed by atoms with E-state index in [0.717, 1.165) is 24.2 Å². The Kier molecular flexibility index (Phi) is 7.53. The molecule has 1 aliphatic heterocycles. The zero-order valence-electron chi connectivity index (χ0n) is 14.9. The molecule has 1 aromatic rings. The van der Waals surface area contributed by atoms with Gasteiger partial charge in [0.05, 0.1) is 20.1 Å². The van der Waals surface area contributed by atoms with Crippen LogP contribution in [0.4, 0.5) is 4.79 Å². The number of amides is 3. The molecule has 2 N–H and O–H groups in total. The van der Waals surface area contributed by atoms with Crippen molar-refractivity contribution in [2.75, 3.05) is 40.5 Å².